The van der Waals surface area contributed by atoms with Gasteiger partial charge in [-0.3, -0.25) is 4.79 Å². The van der Waals surface area contributed by atoms with E-state index in [1.807, 2.05) is 5.32 Å². The number of Topliss-reactive ketones (excluding diaryl/α,β-unsaturated/α-hetero) is 1. The summed E-state index contributed by atoms with van der Waals surface area (Å²) in [5, 5.41) is 9.31. The average Bonchev–Trinajstić information content (AvgIpc) is 1.82. The van der Waals surface area contributed by atoms with E-state index in [-0.39, 0.29) is 12.3 Å². The van der Waals surface area contributed by atoms with Gasteiger partial charge in [0.1, 0.15) is 0 Å². The van der Waals surface area contributed by atoms with Crippen molar-refractivity contribution in [2.45, 2.75) is 12.3 Å². The highest BCUT2D eigenvalue weighted by Crippen LogP contribution is 1.92. The lowest BCUT2D eigenvalue weighted by molar-refractivity contribution is -0.117. The van der Waals surface area contributed by atoms with Crippen molar-refractivity contribution < 1.29 is 14.7 Å². The molecule has 0 unspecified atom stereocenters. The topological polar surface area (TPSA) is 66.4 Å². The summed E-state index contributed by atoms with van der Waals surface area (Å²) in [7, 11) is 0. The van der Waals surface area contributed by atoms with Gasteiger partial charge in [-0.05, 0) is 6.92 Å². The van der Waals surface area contributed by atoms with Crippen molar-refractivity contribution in [3.63, 3.8) is 0 Å². The fourth-order valence-corrected chi connectivity index (χ4v) is 0.381. The van der Waals surface area contributed by atoms with Crippen molar-refractivity contribution in [3.05, 3.63) is 0 Å². The van der Waals surface area contributed by atoms with E-state index in [1.54, 1.807) is 0 Å². The summed E-state index contributed by atoms with van der Waals surface area (Å²) in [6.45, 7) is 1.27. The SMILES string of the molecule is C[C@H](Cl)C(=O)CNC(=O)O. The summed E-state index contributed by atoms with van der Waals surface area (Å²) < 4.78 is 0. The van der Waals surface area contributed by atoms with Gasteiger partial charge in [0.2, 0.25) is 0 Å². The Morgan fingerprint density at radius 1 is 1.70 bits per heavy atom. The van der Waals surface area contributed by atoms with Gasteiger partial charge in [0, 0.05) is 0 Å². The lowest BCUT2D eigenvalue weighted by Crippen LogP contribution is -2.31. The Balaban J connectivity index is 3.50. The molecule has 4 nitrogen and oxygen atoms in total. The largest absolute Gasteiger partial charge is 0.465 e. The van der Waals surface area contributed by atoms with E-state index in [0.29, 0.717) is 0 Å². The molecule has 0 aliphatic rings. The highest BCUT2D eigenvalue weighted by Gasteiger charge is 2.09. The van der Waals surface area contributed by atoms with Gasteiger partial charge in [-0.2, -0.15) is 0 Å². The molecule has 1 atom stereocenters. The average molecular weight is 166 g/mol. The van der Waals surface area contributed by atoms with Crippen molar-refractivity contribution in [2.75, 3.05) is 6.54 Å². The van der Waals surface area contributed by atoms with E-state index >= 15 is 0 Å². The Labute approximate surface area is 63.2 Å². The molecule has 2 N–H and O–H groups in total. The van der Waals surface area contributed by atoms with Crippen LogP contribution in [0.4, 0.5) is 4.79 Å². The van der Waals surface area contributed by atoms with Crippen LogP contribution in [0.25, 0.3) is 0 Å². The molecule has 0 radical (unpaired) electrons. The minimum Gasteiger partial charge on any atom is -0.465 e. The van der Waals surface area contributed by atoms with Crippen molar-refractivity contribution in [3.8, 4) is 0 Å². The molecular weight excluding hydrogens is 158 g/mol. The number of amides is 1. The predicted molar refractivity (Wildman–Crippen MR) is 36.3 cm³/mol. The summed E-state index contributed by atoms with van der Waals surface area (Å²) in [4.78, 5) is 20.4. The second kappa shape index (κ2) is 4.11. The van der Waals surface area contributed by atoms with Gasteiger partial charge in [-0.15, -0.1) is 11.6 Å². The smallest absolute Gasteiger partial charge is 0.405 e. The van der Waals surface area contributed by atoms with Crippen LogP contribution in [-0.4, -0.2) is 28.9 Å². The maximum Gasteiger partial charge on any atom is 0.405 e. The number of hydrogen-bond acceptors (Lipinski definition) is 2. The molecule has 10 heavy (non-hydrogen) atoms. The van der Waals surface area contributed by atoms with Crippen LogP contribution >= 0.6 is 11.6 Å². The molecule has 0 rings (SSSR count). The first kappa shape index (κ1) is 9.23. The third-order valence-electron chi connectivity index (χ3n) is 0.858. The molecule has 0 saturated carbocycles. The van der Waals surface area contributed by atoms with E-state index in [0.717, 1.165) is 0 Å². The zero-order valence-corrected chi connectivity index (χ0v) is 6.18. The quantitative estimate of drug-likeness (QED) is 0.597. The molecule has 0 bridgehead atoms. The summed E-state index contributed by atoms with van der Waals surface area (Å²) in [6.07, 6.45) is -1.22. The van der Waals surface area contributed by atoms with E-state index in [4.69, 9.17) is 16.7 Å². The molecule has 0 fully saturated rings. The van der Waals surface area contributed by atoms with Crippen LogP contribution in [0.1, 0.15) is 6.92 Å². The van der Waals surface area contributed by atoms with E-state index < -0.39 is 11.5 Å². The molecule has 0 aromatic rings. The second-order valence-corrected chi connectivity index (χ2v) is 2.40. The van der Waals surface area contributed by atoms with Gasteiger partial charge in [0.05, 0.1) is 11.9 Å². The van der Waals surface area contributed by atoms with Gasteiger partial charge in [0.25, 0.3) is 0 Å². The Morgan fingerprint density at radius 2 is 2.20 bits per heavy atom. The highest BCUT2D eigenvalue weighted by molar-refractivity contribution is 6.31. The zero-order valence-electron chi connectivity index (χ0n) is 5.43. The number of ketones is 1. The van der Waals surface area contributed by atoms with Gasteiger partial charge in [-0.25, -0.2) is 4.79 Å². The van der Waals surface area contributed by atoms with Gasteiger partial charge in [-0.1, -0.05) is 0 Å². The lowest BCUT2D eigenvalue weighted by Gasteiger charge is -2.00. The minimum absolute atomic E-state index is 0.222. The van der Waals surface area contributed by atoms with Crippen LogP contribution in [0.3, 0.4) is 0 Å². The molecule has 0 spiro atoms. The summed E-state index contributed by atoms with van der Waals surface area (Å²) >= 11 is 5.33. The Bertz CT molecular complexity index is 146. The predicted octanol–water partition coefficient (Wildman–Crippen LogP) is 0.450. The Kier molecular flexibility index (Phi) is 3.79. The number of carbonyl (C=O) groups excluding carboxylic acids is 1. The molecule has 0 aromatic heterocycles. The molecule has 0 aromatic carbocycles. The summed E-state index contributed by atoms with van der Waals surface area (Å²) in [5.41, 5.74) is 0. The first-order valence-electron chi connectivity index (χ1n) is 2.67. The summed E-state index contributed by atoms with van der Waals surface area (Å²) in [6, 6.07) is 0. The third-order valence-corrected chi connectivity index (χ3v) is 1.10. The number of carbonyl (C=O) groups is 2. The maximum absolute atomic E-state index is 10.6. The number of rotatable bonds is 3. The molecule has 0 aliphatic heterocycles. The molecule has 0 aliphatic carbocycles. The lowest BCUT2D eigenvalue weighted by atomic mass is 10.3. The standard InChI is InChI=1S/C5H8ClNO3/c1-3(6)4(8)2-7-5(9)10/h3,7H,2H2,1H3,(H,9,10)/t3-/m0/s1. The molecule has 0 saturated heterocycles. The minimum atomic E-state index is -1.22. The van der Waals surface area contributed by atoms with Crippen LogP contribution in [0, 0.1) is 0 Å². The first-order valence-corrected chi connectivity index (χ1v) is 3.11. The van der Waals surface area contributed by atoms with Gasteiger partial charge < -0.3 is 10.4 Å². The number of halogens is 1. The van der Waals surface area contributed by atoms with E-state index in [9.17, 15) is 9.59 Å². The van der Waals surface area contributed by atoms with Crippen molar-refractivity contribution in [1.29, 1.82) is 0 Å². The van der Waals surface area contributed by atoms with E-state index in [1.165, 1.54) is 6.92 Å². The first-order chi connectivity index (χ1) is 4.54. The number of hydrogen-bond donors (Lipinski definition) is 2. The fourth-order valence-electron chi connectivity index (χ4n) is 0.303. The monoisotopic (exact) mass is 165 g/mol. The molecule has 1 amide bonds. The number of carboxylic acid groups (broad SMARTS) is 1. The maximum atomic E-state index is 10.6. The van der Waals surface area contributed by atoms with Crippen LogP contribution in [0.15, 0.2) is 0 Å². The fraction of sp³-hybridized carbons (Fsp3) is 0.600. The van der Waals surface area contributed by atoms with E-state index in [2.05, 4.69) is 0 Å². The molecular formula is C5H8ClNO3. The van der Waals surface area contributed by atoms with Crippen LogP contribution in [0.5, 0.6) is 0 Å². The van der Waals surface area contributed by atoms with Gasteiger partial charge in [0.15, 0.2) is 5.78 Å². The number of alkyl halides is 1. The van der Waals surface area contributed by atoms with Gasteiger partial charge >= 0.3 is 6.09 Å². The molecule has 5 heteroatoms. The second-order valence-electron chi connectivity index (χ2n) is 1.74. The van der Waals surface area contributed by atoms with Crippen molar-refractivity contribution in [1.82, 2.24) is 5.32 Å². The van der Waals surface area contributed by atoms with Crippen molar-refractivity contribution in [2.24, 2.45) is 0 Å². The zero-order chi connectivity index (χ0) is 8.15. The van der Waals surface area contributed by atoms with Crippen LogP contribution < -0.4 is 5.32 Å². The Hall–Kier alpha value is -0.770. The molecule has 0 heterocycles. The Morgan fingerprint density at radius 3 is 2.50 bits per heavy atom. The number of nitrogens with one attached hydrogen (secondary N) is 1. The van der Waals surface area contributed by atoms with Crippen LogP contribution in [-0.2, 0) is 4.79 Å². The third kappa shape index (κ3) is 4.14. The highest BCUT2D eigenvalue weighted by atomic mass is 35.5. The van der Waals surface area contributed by atoms with Crippen molar-refractivity contribution >= 4 is 23.5 Å². The normalized spacial score (nSPS) is 12.2. The molecule has 58 valence electrons. The summed E-state index contributed by atoms with van der Waals surface area (Å²) in [5.74, 6) is -0.330. The van der Waals surface area contributed by atoms with Crippen LogP contribution in [0.2, 0.25) is 0 Å².